The molecule has 0 heterocycles. The van der Waals surface area contributed by atoms with E-state index in [9.17, 15) is 19.5 Å². The monoisotopic (exact) mass is 543 g/mol. The van der Waals surface area contributed by atoms with Crippen LogP contribution < -0.4 is 10.6 Å². The molecule has 0 spiro atoms. The van der Waals surface area contributed by atoms with E-state index < -0.39 is 30.1 Å². The molecule has 2 atom stereocenters. The molecule has 210 valence electrons. The lowest BCUT2D eigenvalue weighted by Crippen LogP contribution is -2.54. The van der Waals surface area contributed by atoms with Crippen LogP contribution in [0.15, 0.2) is 78.9 Å². The summed E-state index contributed by atoms with van der Waals surface area (Å²) in [6.07, 6.45) is 1.18. The fourth-order valence-corrected chi connectivity index (χ4v) is 5.19. The Labute approximate surface area is 235 Å². The predicted molar refractivity (Wildman–Crippen MR) is 154 cm³/mol. The van der Waals surface area contributed by atoms with E-state index in [1.807, 2.05) is 78.6 Å². The average molecular weight is 544 g/mol. The number of likely N-dealkylation sites (N-methyl/N-ethyl adjacent to an activating group) is 1. The molecule has 0 fully saturated rings. The Bertz CT molecular complexity index is 1270. The summed E-state index contributed by atoms with van der Waals surface area (Å²) in [6, 6.07) is 23.8. The zero-order chi connectivity index (χ0) is 28.5. The van der Waals surface area contributed by atoms with Crippen molar-refractivity contribution in [2.45, 2.75) is 50.7 Å². The quantitative estimate of drug-likeness (QED) is 0.286. The number of ether oxygens (including phenoxy) is 1. The topological polar surface area (TPSA) is 108 Å². The minimum Gasteiger partial charge on any atom is -0.480 e. The molecule has 2 unspecified atom stereocenters. The number of carbonyl (C=O) groups is 3. The van der Waals surface area contributed by atoms with Crippen molar-refractivity contribution in [1.29, 1.82) is 0 Å². The fourth-order valence-electron chi connectivity index (χ4n) is 5.19. The summed E-state index contributed by atoms with van der Waals surface area (Å²) >= 11 is 0. The zero-order valence-corrected chi connectivity index (χ0v) is 23.0. The van der Waals surface area contributed by atoms with Gasteiger partial charge in [0.2, 0.25) is 5.91 Å². The predicted octanol–water partition coefficient (Wildman–Crippen LogP) is 4.79. The van der Waals surface area contributed by atoms with Gasteiger partial charge in [0.25, 0.3) is 0 Å². The highest BCUT2D eigenvalue weighted by Gasteiger charge is 2.31. The van der Waals surface area contributed by atoms with Crippen LogP contribution in [0.5, 0.6) is 0 Å². The third-order valence-corrected chi connectivity index (χ3v) is 7.20. The Morgan fingerprint density at radius 2 is 1.48 bits per heavy atom. The molecular formula is C32H37N3O5. The number of hydrogen-bond donors (Lipinski definition) is 3. The standard InChI is InChI=1S/C32H37N3O5/c1-3-4-18-28(30(36)33-29(31(37)38)20-35(2)19-22-12-6-5-7-13-22)34-32(39)40-21-27-25-16-10-8-14-23(25)24-15-9-11-17-26(24)27/h5-17,27-29H,3-4,18-21H2,1-2H3,(H,33,36)(H,34,39)(H,37,38). The number of carboxylic acids is 1. The SMILES string of the molecule is CCCCC(NC(=O)OCC1c2ccccc2-c2ccccc21)C(=O)NC(CN(C)Cc1ccccc1)C(=O)O. The molecule has 0 saturated carbocycles. The molecule has 4 rings (SSSR count). The van der Waals surface area contributed by atoms with E-state index >= 15 is 0 Å². The number of nitrogens with one attached hydrogen (secondary N) is 2. The summed E-state index contributed by atoms with van der Waals surface area (Å²) in [5, 5.41) is 15.1. The number of amides is 2. The van der Waals surface area contributed by atoms with Crippen LogP contribution >= 0.6 is 0 Å². The number of nitrogens with zero attached hydrogens (tertiary/aromatic N) is 1. The van der Waals surface area contributed by atoms with Gasteiger partial charge in [0, 0.05) is 19.0 Å². The van der Waals surface area contributed by atoms with Gasteiger partial charge in [0.05, 0.1) is 0 Å². The van der Waals surface area contributed by atoms with Gasteiger partial charge in [0.15, 0.2) is 0 Å². The zero-order valence-electron chi connectivity index (χ0n) is 23.0. The number of alkyl carbamates (subject to hydrolysis) is 1. The van der Waals surface area contributed by atoms with Crippen LogP contribution in [0.25, 0.3) is 11.1 Å². The highest BCUT2D eigenvalue weighted by molar-refractivity contribution is 5.89. The first kappa shape index (κ1) is 28.8. The molecule has 0 radical (unpaired) electrons. The van der Waals surface area contributed by atoms with Crippen LogP contribution in [-0.4, -0.2) is 60.3 Å². The largest absolute Gasteiger partial charge is 0.480 e. The number of rotatable bonds is 13. The second-order valence-corrected chi connectivity index (χ2v) is 10.2. The number of unbranched alkanes of at least 4 members (excludes halogenated alkanes) is 1. The maximum Gasteiger partial charge on any atom is 0.407 e. The highest BCUT2D eigenvalue weighted by atomic mass is 16.5. The molecule has 3 aromatic carbocycles. The minimum absolute atomic E-state index is 0.0994. The summed E-state index contributed by atoms with van der Waals surface area (Å²) < 4.78 is 5.63. The van der Waals surface area contributed by atoms with Crippen LogP contribution in [0.2, 0.25) is 0 Å². The molecule has 0 aromatic heterocycles. The van der Waals surface area contributed by atoms with Gasteiger partial charge < -0.3 is 20.5 Å². The Morgan fingerprint density at radius 3 is 2.08 bits per heavy atom. The molecule has 3 N–H and O–H groups in total. The highest BCUT2D eigenvalue weighted by Crippen LogP contribution is 2.44. The average Bonchev–Trinajstić information content (AvgIpc) is 3.27. The van der Waals surface area contributed by atoms with Gasteiger partial charge in [-0.25, -0.2) is 9.59 Å². The molecule has 2 amide bonds. The molecule has 3 aromatic rings. The van der Waals surface area contributed by atoms with Crippen LogP contribution in [0.1, 0.15) is 48.8 Å². The number of benzene rings is 3. The maximum atomic E-state index is 13.2. The third-order valence-electron chi connectivity index (χ3n) is 7.20. The van der Waals surface area contributed by atoms with Crippen molar-refractivity contribution < 1.29 is 24.2 Å². The molecule has 0 bridgehead atoms. The van der Waals surface area contributed by atoms with E-state index in [0.717, 1.165) is 34.2 Å². The number of hydrogen-bond acceptors (Lipinski definition) is 5. The lowest BCUT2D eigenvalue weighted by molar-refractivity contribution is -0.142. The Morgan fingerprint density at radius 1 is 0.875 bits per heavy atom. The number of carbonyl (C=O) groups excluding carboxylic acids is 2. The van der Waals surface area contributed by atoms with Crippen molar-refractivity contribution in [2.75, 3.05) is 20.2 Å². The van der Waals surface area contributed by atoms with Crippen molar-refractivity contribution in [3.05, 3.63) is 95.6 Å². The van der Waals surface area contributed by atoms with Crippen molar-refractivity contribution in [3.8, 4) is 11.1 Å². The third kappa shape index (κ3) is 7.27. The van der Waals surface area contributed by atoms with E-state index in [1.165, 1.54) is 0 Å². The number of fused-ring (bicyclic) bond motifs is 3. The molecule has 0 saturated heterocycles. The van der Waals surface area contributed by atoms with Crippen molar-refractivity contribution >= 4 is 18.0 Å². The van der Waals surface area contributed by atoms with E-state index in [1.54, 1.807) is 7.05 Å². The molecule has 1 aliphatic carbocycles. The Balaban J connectivity index is 1.36. The van der Waals surface area contributed by atoms with E-state index in [-0.39, 0.29) is 19.1 Å². The van der Waals surface area contributed by atoms with Crippen molar-refractivity contribution in [1.82, 2.24) is 15.5 Å². The molecular weight excluding hydrogens is 506 g/mol. The van der Waals surface area contributed by atoms with Gasteiger partial charge in [-0.2, -0.15) is 0 Å². The van der Waals surface area contributed by atoms with Crippen LogP contribution in [0, 0.1) is 0 Å². The Hall–Kier alpha value is -4.17. The van der Waals surface area contributed by atoms with E-state index in [4.69, 9.17) is 4.74 Å². The van der Waals surface area contributed by atoms with E-state index in [0.29, 0.717) is 19.4 Å². The van der Waals surface area contributed by atoms with Crippen LogP contribution in [0.4, 0.5) is 4.79 Å². The van der Waals surface area contributed by atoms with Gasteiger partial charge in [0.1, 0.15) is 18.7 Å². The van der Waals surface area contributed by atoms with Gasteiger partial charge in [-0.15, -0.1) is 0 Å². The van der Waals surface area contributed by atoms with E-state index in [2.05, 4.69) is 22.8 Å². The first-order valence-electron chi connectivity index (χ1n) is 13.7. The maximum absolute atomic E-state index is 13.2. The van der Waals surface area contributed by atoms with Crippen molar-refractivity contribution in [2.24, 2.45) is 0 Å². The lowest BCUT2D eigenvalue weighted by Gasteiger charge is -2.25. The minimum atomic E-state index is -1.14. The lowest BCUT2D eigenvalue weighted by atomic mass is 9.98. The second-order valence-electron chi connectivity index (χ2n) is 10.2. The summed E-state index contributed by atoms with van der Waals surface area (Å²) in [4.78, 5) is 39.8. The smallest absolute Gasteiger partial charge is 0.407 e. The number of aliphatic carboxylic acids is 1. The molecule has 8 heteroatoms. The first-order valence-corrected chi connectivity index (χ1v) is 13.7. The molecule has 8 nitrogen and oxygen atoms in total. The molecule has 40 heavy (non-hydrogen) atoms. The second kappa shape index (κ2) is 13.8. The normalized spacial score (nSPS) is 13.7. The summed E-state index contributed by atoms with van der Waals surface area (Å²) in [5.74, 6) is -1.77. The summed E-state index contributed by atoms with van der Waals surface area (Å²) in [6.45, 7) is 2.77. The molecule has 0 aliphatic heterocycles. The van der Waals surface area contributed by atoms with Crippen LogP contribution in [0.3, 0.4) is 0 Å². The Kier molecular flexibility index (Phi) is 9.91. The van der Waals surface area contributed by atoms with Gasteiger partial charge in [-0.05, 0) is 41.3 Å². The van der Waals surface area contributed by atoms with Gasteiger partial charge in [-0.3, -0.25) is 9.69 Å². The summed E-state index contributed by atoms with van der Waals surface area (Å²) in [5.41, 5.74) is 5.49. The van der Waals surface area contributed by atoms with Gasteiger partial charge >= 0.3 is 12.1 Å². The fraction of sp³-hybridized carbons (Fsp3) is 0.344. The van der Waals surface area contributed by atoms with Crippen molar-refractivity contribution in [3.63, 3.8) is 0 Å². The number of carboxylic acid groups (broad SMARTS) is 1. The first-order chi connectivity index (χ1) is 19.4. The van der Waals surface area contributed by atoms with Crippen LogP contribution in [-0.2, 0) is 20.9 Å². The van der Waals surface area contributed by atoms with Gasteiger partial charge in [-0.1, -0.05) is 98.6 Å². The summed E-state index contributed by atoms with van der Waals surface area (Å²) in [7, 11) is 1.80. The molecule has 1 aliphatic rings.